The number of unbranched alkanes of at least 4 members (excludes halogenated alkanes) is 18. The molecule has 0 rings (SSSR count). The van der Waals surface area contributed by atoms with Crippen LogP contribution in [0.25, 0.3) is 0 Å². The van der Waals surface area contributed by atoms with Gasteiger partial charge in [-0.05, 0) is 51.4 Å². The topological polar surface area (TPSA) is 169 Å². The molecule has 4 N–H and O–H groups in total. The number of allylic oxidation sites excluding steroid dienone is 13. The van der Waals surface area contributed by atoms with Gasteiger partial charge in [0.15, 0.2) is 6.04 Å². The van der Waals surface area contributed by atoms with Crippen molar-refractivity contribution in [1.82, 2.24) is 5.32 Å². The van der Waals surface area contributed by atoms with Crippen molar-refractivity contribution in [1.29, 1.82) is 0 Å². The van der Waals surface area contributed by atoms with Crippen molar-refractivity contribution < 1.29 is 47.8 Å². The average molecular weight is 918 g/mol. The van der Waals surface area contributed by atoms with E-state index in [1.165, 1.54) is 96.3 Å². The van der Waals surface area contributed by atoms with Crippen LogP contribution < -0.4 is 5.32 Å². The van der Waals surface area contributed by atoms with Crippen molar-refractivity contribution >= 4 is 25.7 Å². The average Bonchev–Trinajstić information content (AvgIpc) is 3.27. The molecule has 11 nitrogen and oxygen atoms in total. The molecule has 0 aliphatic heterocycles. The zero-order valence-electron chi connectivity index (χ0n) is 39.8. The van der Waals surface area contributed by atoms with Gasteiger partial charge in [-0.2, -0.15) is 0 Å². The van der Waals surface area contributed by atoms with E-state index in [1.54, 1.807) is 12.2 Å². The van der Waals surface area contributed by atoms with Gasteiger partial charge in [0.25, 0.3) is 0 Å². The molecule has 0 heterocycles. The van der Waals surface area contributed by atoms with Gasteiger partial charge in [0, 0.05) is 12.8 Å². The van der Waals surface area contributed by atoms with Gasteiger partial charge in [0.2, 0.25) is 5.91 Å². The summed E-state index contributed by atoms with van der Waals surface area (Å²) >= 11 is 0. The number of nitrogens with one attached hydrogen (secondary N) is 1. The number of carbonyl (C=O) groups is 3. The Kier molecular flexibility index (Phi) is 43.8. The number of hydrogen-bond donors (Lipinski definition) is 4. The number of carbonyl (C=O) groups excluding carboxylic acids is 2. The van der Waals surface area contributed by atoms with Crippen molar-refractivity contribution in [3.05, 3.63) is 85.1 Å². The quantitative estimate of drug-likeness (QED) is 0.0200. The van der Waals surface area contributed by atoms with Crippen LogP contribution in [0, 0.1) is 0 Å². The summed E-state index contributed by atoms with van der Waals surface area (Å²) in [4.78, 5) is 46.0. The Labute approximate surface area is 388 Å². The summed E-state index contributed by atoms with van der Waals surface area (Å²) in [5.41, 5.74) is 0. The molecule has 0 aromatic heterocycles. The normalized spacial score (nSPS) is 14.3. The highest BCUT2D eigenvalue weighted by molar-refractivity contribution is 7.47. The zero-order valence-corrected chi connectivity index (χ0v) is 40.7. The van der Waals surface area contributed by atoms with Crippen molar-refractivity contribution in [3.8, 4) is 0 Å². The lowest BCUT2D eigenvalue weighted by Gasteiger charge is -2.18. The number of phosphoric acid groups is 1. The van der Waals surface area contributed by atoms with E-state index in [0.717, 1.165) is 57.8 Å². The number of esters is 1. The molecule has 0 aromatic carbocycles. The van der Waals surface area contributed by atoms with Gasteiger partial charge >= 0.3 is 19.8 Å². The molecule has 366 valence electrons. The second-order valence-corrected chi connectivity index (χ2v) is 17.7. The number of rotatable bonds is 45. The highest BCUT2D eigenvalue weighted by Crippen LogP contribution is 2.43. The molecule has 0 saturated heterocycles. The maximum absolute atomic E-state index is 12.3. The maximum Gasteiger partial charge on any atom is 0.472 e. The first kappa shape index (κ1) is 60.7. The first-order valence-corrected chi connectivity index (χ1v) is 26.1. The molecule has 0 radical (unpaired) electrons. The van der Waals surface area contributed by atoms with Crippen LogP contribution in [-0.4, -0.2) is 64.9 Å². The Bertz CT molecular complexity index is 1400. The molecule has 3 unspecified atom stereocenters. The number of amides is 1. The zero-order chi connectivity index (χ0) is 47.0. The van der Waals surface area contributed by atoms with Gasteiger partial charge in [-0.1, -0.05) is 214 Å². The molecule has 0 fully saturated rings. The van der Waals surface area contributed by atoms with Crippen molar-refractivity contribution in [3.63, 3.8) is 0 Å². The number of ether oxygens (including phenoxy) is 1. The van der Waals surface area contributed by atoms with E-state index in [1.807, 2.05) is 12.2 Å². The summed E-state index contributed by atoms with van der Waals surface area (Å²) < 4.78 is 26.9. The van der Waals surface area contributed by atoms with Crippen molar-refractivity contribution in [2.75, 3.05) is 19.8 Å². The summed E-state index contributed by atoms with van der Waals surface area (Å²) in [5, 5.41) is 21.8. The van der Waals surface area contributed by atoms with Crippen LogP contribution in [0.15, 0.2) is 85.1 Å². The Morgan fingerprint density at radius 3 is 1.27 bits per heavy atom. The number of hydrogen-bond acceptors (Lipinski definition) is 8. The second-order valence-electron chi connectivity index (χ2n) is 16.3. The van der Waals surface area contributed by atoms with Gasteiger partial charge in [-0.25, -0.2) is 9.36 Å². The second kappa shape index (κ2) is 46.2. The van der Waals surface area contributed by atoms with Crippen LogP contribution in [0.1, 0.15) is 194 Å². The summed E-state index contributed by atoms with van der Waals surface area (Å²) in [5.74, 6) is -2.55. The highest BCUT2D eigenvalue weighted by atomic mass is 31.2. The Balaban J connectivity index is 3.97. The van der Waals surface area contributed by atoms with Crippen LogP contribution >= 0.6 is 7.82 Å². The number of carboxylic acid groups (broad SMARTS) is 1. The Morgan fingerprint density at radius 2 is 0.875 bits per heavy atom. The van der Waals surface area contributed by atoms with Gasteiger partial charge in [-0.3, -0.25) is 18.6 Å². The molecule has 0 spiro atoms. The van der Waals surface area contributed by atoms with Crippen molar-refractivity contribution in [2.24, 2.45) is 0 Å². The third-order valence-corrected chi connectivity index (χ3v) is 11.2. The predicted molar refractivity (Wildman–Crippen MR) is 263 cm³/mol. The molecule has 64 heavy (non-hydrogen) atoms. The summed E-state index contributed by atoms with van der Waals surface area (Å²) in [6.07, 6.45) is 57.8. The smallest absolute Gasteiger partial charge is 0.472 e. The molecule has 0 aromatic rings. The van der Waals surface area contributed by atoms with Gasteiger partial charge in [0.05, 0.1) is 13.2 Å². The van der Waals surface area contributed by atoms with Crippen LogP contribution in [0.4, 0.5) is 0 Å². The number of aliphatic carboxylic acids is 1. The van der Waals surface area contributed by atoms with E-state index >= 15 is 0 Å². The highest BCUT2D eigenvalue weighted by Gasteiger charge is 2.28. The third-order valence-electron chi connectivity index (χ3n) is 10.2. The molecule has 0 saturated carbocycles. The van der Waals surface area contributed by atoms with Gasteiger partial charge < -0.3 is 25.2 Å². The molecule has 3 atom stereocenters. The minimum Gasteiger partial charge on any atom is -0.480 e. The molecule has 12 heteroatoms. The first-order chi connectivity index (χ1) is 31.1. The molecule has 0 bridgehead atoms. The maximum atomic E-state index is 12.3. The fourth-order valence-corrected chi connectivity index (χ4v) is 7.23. The van der Waals surface area contributed by atoms with E-state index in [4.69, 9.17) is 13.8 Å². The summed E-state index contributed by atoms with van der Waals surface area (Å²) in [6, 6.07) is -1.61. The predicted octanol–water partition coefficient (Wildman–Crippen LogP) is 13.4. The fraction of sp³-hybridized carbons (Fsp3) is 0.673. The van der Waals surface area contributed by atoms with Crippen molar-refractivity contribution in [2.45, 2.75) is 206 Å². The van der Waals surface area contributed by atoms with E-state index in [0.29, 0.717) is 12.8 Å². The minimum absolute atomic E-state index is 0.0931. The monoisotopic (exact) mass is 918 g/mol. The lowest BCUT2D eigenvalue weighted by atomic mass is 10.0. The summed E-state index contributed by atoms with van der Waals surface area (Å²) in [6.45, 7) is 2.43. The van der Waals surface area contributed by atoms with E-state index in [9.17, 15) is 34.1 Å². The minimum atomic E-state index is -4.79. The molecular formula is C52H88NO10P. The van der Waals surface area contributed by atoms with Crippen LogP contribution in [0.5, 0.6) is 0 Å². The number of phosphoric ester groups is 1. The Hall–Kier alpha value is -3.34. The molecular weight excluding hydrogens is 830 g/mol. The number of carboxylic acids is 1. The summed E-state index contributed by atoms with van der Waals surface area (Å²) in [7, 11) is -4.79. The molecule has 0 aliphatic carbocycles. The Morgan fingerprint density at radius 1 is 0.516 bits per heavy atom. The lowest BCUT2D eigenvalue weighted by molar-refractivity contribution is -0.147. The standard InChI is InChI=1S/C52H88NO10P/c1-3-5-7-9-11-13-15-17-19-21-23-24-26-27-29-31-33-35-37-39-41-43-50(55)53-49(52(57)58)47-63-64(59,60)62-46-48(54)45-61-51(56)44-42-40-38-36-34-32-30-28-25-22-20-18-16-14-12-10-8-6-4-2/h5,7,11,13,17,19,23-24,27,29,33,35,39,41,48-49,54H,3-4,6,8-10,12,14-16,18,20-22,25-26,28,30-32,34,36-38,40,42-47H2,1-2H3,(H,53,55)(H,57,58)(H,59,60)/b7-5-,13-11-,19-17-,24-23-,29-27-,35-33-,41-39-. The number of aliphatic hydroxyl groups excluding tert-OH is 1. The van der Waals surface area contributed by atoms with Gasteiger partial charge in [-0.15, -0.1) is 0 Å². The molecule has 1 amide bonds. The van der Waals surface area contributed by atoms with Crippen LogP contribution in [0.3, 0.4) is 0 Å². The largest absolute Gasteiger partial charge is 0.480 e. The lowest BCUT2D eigenvalue weighted by Crippen LogP contribution is -2.43. The first-order valence-electron chi connectivity index (χ1n) is 24.6. The van der Waals surface area contributed by atoms with E-state index in [2.05, 4.69) is 79.9 Å². The van der Waals surface area contributed by atoms with E-state index < -0.39 is 57.6 Å². The van der Waals surface area contributed by atoms with E-state index in [-0.39, 0.29) is 12.8 Å². The molecule has 0 aliphatic rings. The fourth-order valence-electron chi connectivity index (χ4n) is 6.45. The number of aliphatic hydroxyl groups is 1. The van der Waals surface area contributed by atoms with Crippen LogP contribution in [0.2, 0.25) is 0 Å². The third kappa shape index (κ3) is 45.2. The SMILES string of the molecule is CC/C=C\C/C=C\C/C=C\C/C=C\C/C=C\C/C=C\C/C=C\CC(=O)NC(COP(=O)(O)OCC(O)COC(=O)CCCCCCCCCCCCCCCCCCCCC)C(=O)O. The van der Waals surface area contributed by atoms with Gasteiger partial charge in [0.1, 0.15) is 12.7 Å². The van der Waals surface area contributed by atoms with Crippen LogP contribution in [-0.2, 0) is 32.7 Å².